The predicted octanol–water partition coefficient (Wildman–Crippen LogP) is 2.55. The Hall–Kier alpha value is -1.92. The number of anilines is 1. The molecule has 2 heterocycles. The Morgan fingerprint density at radius 3 is 2.50 bits per heavy atom. The van der Waals surface area contributed by atoms with Gasteiger partial charge in [0.05, 0.1) is 6.20 Å². The van der Waals surface area contributed by atoms with Gasteiger partial charge in [-0.25, -0.2) is 0 Å². The highest BCUT2D eigenvalue weighted by Crippen LogP contribution is 2.16. The van der Waals surface area contributed by atoms with E-state index in [-0.39, 0.29) is 0 Å². The van der Waals surface area contributed by atoms with E-state index in [1.807, 2.05) is 30.1 Å². The van der Waals surface area contributed by atoms with Crippen LogP contribution in [-0.4, -0.2) is 50.9 Å². The fourth-order valence-electron chi connectivity index (χ4n) is 2.96. The maximum absolute atomic E-state index is 5.59. The maximum atomic E-state index is 5.59. The minimum Gasteiger partial charge on any atom is -0.346 e. The number of piperazine rings is 1. The Bertz CT molecular complexity index is 716. The van der Waals surface area contributed by atoms with Gasteiger partial charge in [-0.2, -0.15) is 5.10 Å². The smallest absolute Gasteiger partial charge is 0.173 e. The first-order valence-electron chi connectivity index (χ1n) is 8.36. The summed E-state index contributed by atoms with van der Waals surface area (Å²) in [5.74, 6) is 0. The molecule has 1 saturated heterocycles. The lowest BCUT2D eigenvalue weighted by Gasteiger charge is -2.36. The molecule has 0 amide bonds. The normalized spacial score (nSPS) is 15.5. The average molecular weight is 344 g/mol. The van der Waals surface area contributed by atoms with E-state index in [0.29, 0.717) is 0 Å². The van der Waals surface area contributed by atoms with Gasteiger partial charge in [0.25, 0.3) is 0 Å². The number of hydrogen-bond donors (Lipinski definition) is 1. The van der Waals surface area contributed by atoms with Gasteiger partial charge in [0.1, 0.15) is 0 Å². The molecule has 0 spiro atoms. The third-order valence-electron chi connectivity index (χ3n) is 4.78. The number of para-hydroxylation sites is 1. The zero-order valence-electron chi connectivity index (χ0n) is 14.6. The number of nitrogens with one attached hydrogen (secondary N) is 1. The summed E-state index contributed by atoms with van der Waals surface area (Å²) in [6, 6.07) is 8.25. The molecule has 1 fully saturated rings. The SMILES string of the molecule is Cc1ccccc1NC(=S)N1CCN(Cc2cnn(C)c2C)CC1. The van der Waals surface area contributed by atoms with Gasteiger partial charge in [-0.3, -0.25) is 9.58 Å². The molecule has 24 heavy (non-hydrogen) atoms. The summed E-state index contributed by atoms with van der Waals surface area (Å²) in [5, 5.41) is 8.53. The number of thiocarbonyl (C=S) groups is 1. The number of rotatable bonds is 3. The van der Waals surface area contributed by atoms with Gasteiger partial charge in [-0.05, 0) is 37.7 Å². The Morgan fingerprint density at radius 2 is 1.88 bits per heavy atom. The van der Waals surface area contributed by atoms with E-state index in [1.54, 1.807) is 0 Å². The fraction of sp³-hybridized carbons (Fsp3) is 0.444. The molecule has 5 nitrogen and oxygen atoms in total. The minimum atomic E-state index is 0.821. The first-order valence-corrected chi connectivity index (χ1v) is 8.77. The molecule has 0 bridgehead atoms. The molecule has 128 valence electrons. The molecule has 0 radical (unpaired) electrons. The van der Waals surface area contributed by atoms with Crippen molar-refractivity contribution in [1.29, 1.82) is 0 Å². The van der Waals surface area contributed by atoms with Crippen molar-refractivity contribution < 1.29 is 0 Å². The fourth-order valence-corrected chi connectivity index (χ4v) is 3.25. The van der Waals surface area contributed by atoms with E-state index in [9.17, 15) is 0 Å². The molecular weight excluding hydrogens is 318 g/mol. The van der Waals surface area contributed by atoms with Crippen LogP contribution >= 0.6 is 12.2 Å². The van der Waals surface area contributed by atoms with E-state index in [1.165, 1.54) is 16.8 Å². The monoisotopic (exact) mass is 343 g/mol. The molecule has 0 saturated carbocycles. The van der Waals surface area contributed by atoms with Crippen molar-refractivity contribution in [2.75, 3.05) is 31.5 Å². The summed E-state index contributed by atoms with van der Waals surface area (Å²) in [6.45, 7) is 9.13. The third-order valence-corrected chi connectivity index (χ3v) is 5.14. The highest BCUT2D eigenvalue weighted by molar-refractivity contribution is 7.80. The van der Waals surface area contributed by atoms with E-state index < -0.39 is 0 Å². The Labute approximate surface area is 149 Å². The van der Waals surface area contributed by atoms with Gasteiger partial charge >= 0.3 is 0 Å². The molecule has 1 aliphatic heterocycles. The van der Waals surface area contributed by atoms with Gasteiger partial charge in [0.15, 0.2) is 5.11 Å². The van der Waals surface area contributed by atoms with E-state index >= 15 is 0 Å². The van der Waals surface area contributed by atoms with Crippen LogP contribution in [0.2, 0.25) is 0 Å². The average Bonchev–Trinajstić information content (AvgIpc) is 2.90. The largest absolute Gasteiger partial charge is 0.346 e. The lowest BCUT2D eigenvalue weighted by atomic mass is 10.2. The molecule has 1 N–H and O–H groups in total. The molecule has 0 atom stereocenters. The topological polar surface area (TPSA) is 36.3 Å². The Morgan fingerprint density at radius 1 is 1.17 bits per heavy atom. The van der Waals surface area contributed by atoms with Gasteiger partial charge in [-0.15, -0.1) is 0 Å². The van der Waals surface area contributed by atoms with E-state index in [2.05, 4.69) is 46.2 Å². The van der Waals surface area contributed by atoms with Crippen molar-refractivity contribution in [2.24, 2.45) is 7.05 Å². The van der Waals surface area contributed by atoms with Crippen LogP contribution in [0.25, 0.3) is 0 Å². The summed E-state index contributed by atoms with van der Waals surface area (Å²) < 4.78 is 1.94. The summed E-state index contributed by atoms with van der Waals surface area (Å²) in [5.41, 5.74) is 4.86. The zero-order chi connectivity index (χ0) is 17.1. The lowest BCUT2D eigenvalue weighted by Crippen LogP contribution is -2.49. The highest BCUT2D eigenvalue weighted by atomic mass is 32.1. The Balaban J connectivity index is 1.52. The zero-order valence-corrected chi connectivity index (χ0v) is 15.4. The number of hydrogen-bond acceptors (Lipinski definition) is 3. The predicted molar refractivity (Wildman–Crippen MR) is 102 cm³/mol. The number of aryl methyl sites for hydroxylation is 2. The van der Waals surface area contributed by atoms with Crippen LogP contribution in [-0.2, 0) is 13.6 Å². The van der Waals surface area contributed by atoms with Crippen LogP contribution in [0, 0.1) is 13.8 Å². The maximum Gasteiger partial charge on any atom is 0.173 e. The molecule has 6 heteroatoms. The van der Waals surface area contributed by atoms with Crippen LogP contribution in [0.4, 0.5) is 5.69 Å². The molecule has 1 aromatic heterocycles. The van der Waals surface area contributed by atoms with Gasteiger partial charge in [0, 0.05) is 56.7 Å². The van der Waals surface area contributed by atoms with E-state index in [4.69, 9.17) is 12.2 Å². The first kappa shape index (κ1) is 16.9. The molecule has 2 aromatic rings. The standard InChI is InChI=1S/C18H25N5S/c1-14-6-4-5-7-17(14)20-18(24)23-10-8-22(9-11-23)13-16-12-19-21(3)15(16)2/h4-7,12H,8-11,13H2,1-3H3,(H,20,24). The molecule has 3 rings (SSSR count). The van der Waals surface area contributed by atoms with Crippen molar-refractivity contribution in [3.05, 3.63) is 47.3 Å². The third kappa shape index (κ3) is 3.76. The highest BCUT2D eigenvalue weighted by Gasteiger charge is 2.20. The Kier molecular flexibility index (Phi) is 5.16. The van der Waals surface area contributed by atoms with Gasteiger partial charge in [0.2, 0.25) is 0 Å². The molecular formula is C18H25N5S. The van der Waals surface area contributed by atoms with Gasteiger partial charge < -0.3 is 10.2 Å². The van der Waals surface area contributed by atoms with Crippen molar-refractivity contribution in [2.45, 2.75) is 20.4 Å². The second-order valence-corrected chi connectivity index (χ2v) is 6.77. The van der Waals surface area contributed by atoms with Crippen molar-refractivity contribution in [1.82, 2.24) is 19.6 Å². The van der Waals surface area contributed by atoms with Crippen LogP contribution in [0.5, 0.6) is 0 Å². The minimum absolute atomic E-state index is 0.821. The number of benzene rings is 1. The summed E-state index contributed by atoms with van der Waals surface area (Å²) in [4.78, 5) is 4.73. The van der Waals surface area contributed by atoms with Gasteiger partial charge in [-0.1, -0.05) is 18.2 Å². The van der Waals surface area contributed by atoms with Crippen molar-refractivity contribution in [3.63, 3.8) is 0 Å². The first-order chi connectivity index (χ1) is 11.5. The molecule has 1 aromatic carbocycles. The molecule has 1 aliphatic rings. The van der Waals surface area contributed by atoms with Crippen molar-refractivity contribution >= 4 is 23.0 Å². The summed E-state index contributed by atoms with van der Waals surface area (Å²) >= 11 is 5.59. The second kappa shape index (κ2) is 7.32. The summed E-state index contributed by atoms with van der Waals surface area (Å²) in [6.07, 6.45) is 1.98. The lowest BCUT2D eigenvalue weighted by molar-refractivity contribution is 0.176. The van der Waals surface area contributed by atoms with Crippen LogP contribution in [0.1, 0.15) is 16.8 Å². The quantitative estimate of drug-likeness (QED) is 0.867. The number of aromatic nitrogens is 2. The van der Waals surface area contributed by atoms with Crippen LogP contribution in [0.3, 0.4) is 0 Å². The summed E-state index contributed by atoms with van der Waals surface area (Å²) in [7, 11) is 1.99. The van der Waals surface area contributed by atoms with Crippen molar-refractivity contribution in [3.8, 4) is 0 Å². The van der Waals surface area contributed by atoms with Crippen LogP contribution in [0.15, 0.2) is 30.5 Å². The molecule has 0 aliphatic carbocycles. The van der Waals surface area contributed by atoms with E-state index in [0.717, 1.165) is 43.5 Å². The van der Waals surface area contributed by atoms with Crippen LogP contribution < -0.4 is 5.32 Å². The second-order valence-electron chi connectivity index (χ2n) is 6.39. The molecule has 0 unspecified atom stereocenters. The number of nitrogens with zero attached hydrogens (tertiary/aromatic N) is 4.